The van der Waals surface area contributed by atoms with Crippen molar-refractivity contribution in [3.63, 3.8) is 0 Å². The minimum atomic E-state index is -0.665. The van der Waals surface area contributed by atoms with Crippen LogP contribution in [0.3, 0.4) is 0 Å². The minimum absolute atomic E-state index is 0.0759. The number of carbonyl (C=O) groups is 1. The van der Waals surface area contributed by atoms with Crippen molar-refractivity contribution in [1.29, 1.82) is 0 Å². The van der Waals surface area contributed by atoms with Crippen LogP contribution in [-0.4, -0.2) is 23.4 Å². The second-order valence-electron chi connectivity index (χ2n) is 6.15. The summed E-state index contributed by atoms with van der Waals surface area (Å²) in [6, 6.07) is 8.05. The molecular weight excluding hydrogens is 316 g/mol. The zero-order valence-electron chi connectivity index (χ0n) is 12.2. The zero-order valence-corrected chi connectivity index (χ0v) is 13.8. The lowest BCUT2D eigenvalue weighted by molar-refractivity contribution is -0.138. The first-order valence-corrected chi connectivity index (χ1v) is 7.99. The standard InChI is InChI=1S/C16H23BrN2O/c1-12-4-3-9-16(18,10-12)15(20)19(2)11-13-5-7-14(17)8-6-13/h5-8,12H,3-4,9-11,18H2,1-2H3. The number of rotatable bonds is 3. The van der Waals surface area contributed by atoms with Crippen LogP contribution in [0.4, 0.5) is 0 Å². The molecule has 3 nitrogen and oxygen atoms in total. The Labute approximate surface area is 129 Å². The summed E-state index contributed by atoms with van der Waals surface area (Å²) in [5, 5.41) is 0. The molecule has 4 heteroatoms. The van der Waals surface area contributed by atoms with Crippen molar-refractivity contribution in [3.8, 4) is 0 Å². The Hall–Kier alpha value is -0.870. The van der Waals surface area contributed by atoms with Crippen molar-refractivity contribution in [2.24, 2.45) is 11.7 Å². The molecule has 2 N–H and O–H groups in total. The SMILES string of the molecule is CC1CCCC(N)(C(=O)N(C)Cc2ccc(Br)cc2)C1. The van der Waals surface area contributed by atoms with E-state index in [4.69, 9.17) is 5.73 Å². The summed E-state index contributed by atoms with van der Waals surface area (Å²) in [6.45, 7) is 2.79. The fourth-order valence-electron chi connectivity index (χ4n) is 3.10. The van der Waals surface area contributed by atoms with Gasteiger partial charge in [0.2, 0.25) is 5.91 Å². The average molecular weight is 339 g/mol. The molecule has 1 aromatic carbocycles. The first-order chi connectivity index (χ1) is 9.40. The zero-order chi connectivity index (χ0) is 14.8. The van der Waals surface area contributed by atoms with Gasteiger partial charge in [-0.1, -0.05) is 47.8 Å². The lowest BCUT2D eigenvalue weighted by Gasteiger charge is -2.38. The van der Waals surface area contributed by atoms with E-state index in [0.29, 0.717) is 12.5 Å². The maximum atomic E-state index is 12.6. The van der Waals surface area contributed by atoms with Crippen LogP contribution in [0.1, 0.15) is 38.2 Å². The van der Waals surface area contributed by atoms with Gasteiger partial charge in [0.1, 0.15) is 0 Å². The van der Waals surface area contributed by atoms with Crippen molar-refractivity contribution in [2.45, 2.75) is 44.7 Å². The molecular formula is C16H23BrN2O. The molecule has 1 aromatic rings. The van der Waals surface area contributed by atoms with Crippen molar-refractivity contribution in [2.75, 3.05) is 7.05 Å². The van der Waals surface area contributed by atoms with E-state index < -0.39 is 5.54 Å². The predicted octanol–water partition coefficient (Wildman–Crippen LogP) is 3.32. The summed E-state index contributed by atoms with van der Waals surface area (Å²) in [5.41, 5.74) is 6.83. The molecule has 20 heavy (non-hydrogen) atoms. The van der Waals surface area contributed by atoms with Crippen LogP contribution in [0.2, 0.25) is 0 Å². The van der Waals surface area contributed by atoms with Gasteiger partial charge in [0.15, 0.2) is 0 Å². The lowest BCUT2D eigenvalue weighted by atomic mass is 9.76. The third-order valence-electron chi connectivity index (χ3n) is 4.14. The van der Waals surface area contributed by atoms with Crippen LogP contribution in [-0.2, 0) is 11.3 Å². The van der Waals surface area contributed by atoms with Gasteiger partial charge in [0.05, 0.1) is 5.54 Å². The second kappa shape index (κ2) is 6.27. The van der Waals surface area contributed by atoms with Gasteiger partial charge < -0.3 is 10.6 Å². The van der Waals surface area contributed by atoms with Gasteiger partial charge in [-0.25, -0.2) is 0 Å². The van der Waals surface area contributed by atoms with Gasteiger partial charge in [-0.2, -0.15) is 0 Å². The van der Waals surface area contributed by atoms with Gasteiger partial charge >= 0.3 is 0 Å². The van der Waals surface area contributed by atoms with Crippen LogP contribution < -0.4 is 5.73 Å². The van der Waals surface area contributed by atoms with Crippen LogP contribution >= 0.6 is 15.9 Å². The second-order valence-corrected chi connectivity index (χ2v) is 7.06. The van der Waals surface area contributed by atoms with E-state index in [0.717, 1.165) is 29.3 Å². The lowest BCUT2D eigenvalue weighted by Crippen LogP contribution is -2.56. The Kier molecular flexibility index (Phi) is 4.86. The van der Waals surface area contributed by atoms with E-state index in [1.807, 2.05) is 31.3 Å². The van der Waals surface area contributed by atoms with Gasteiger partial charge in [-0.15, -0.1) is 0 Å². The van der Waals surface area contributed by atoms with E-state index in [2.05, 4.69) is 22.9 Å². The Balaban J connectivity index is 2.02. The van der Waals surface area contributed by atoms with E-state index in [1.54, 1.807) is 4.90 Å². The molecule has 0 radical (unpaired) electrons. The third kappa shape index (κ3) is 3.61. The molecule has 0 aromatic heterocycles. The van der Waals surface area contributed by atoms with Crippen LogP contribution in [0.25, 0.3) is 0 Å². The number of likely N-dealkylation sites (N-methyl/N-ethyl adjacent to an activating group) is 1. The molecule has 110 valence electrons. The number of amides is 1. The summed E-state index contributed by atoms with van der Waals surface area (Å²) in [6.07, 6.45) is 3.84. The predicted molar refractivity (Wildman–Crippen MR) is 85.2 cm³/mol. The minimum Gasteiger partial charge on any atom is -0.340 e. The number of hydrogen-bond donors (Lipinski definition) is 1. The number of benzene rings is 1. The van der Waals surface area contributed by atoms with Crippen molar-refractivity contribution in [1.82, 2.24) is 4.90 Å². The van der Waals surface area contributed by atoms with Crippen LogP contribution in [0.5, 0.6) is 0 Å². The Morgan fingerprint density at radius 3 is 2.70 bits per heavy atom. The maximum absolute atomic E-state index is 12.6. The molecule has 0 spiro atoms. The number of nitrogens with zero attached hydrogens (tertiary/aromatic N) is 1. The molecule has 2 atom stereocenters. The summed E-state index contributed by atoms with van der Waals surface area (Å²) in [4.78, 5) is 14.4. The fraction of sp³-hybridized carbons (Fsp3) is 0.562. The highest BCUT2D eigenvalue weighted by atomic mass is 79.9. The van der Waals surface area contributed by atoms with Gasteiger partial charge in [0.25, 0.3) is 0 Å². The van der Waals surface area contributed by atoms with Crippen LogP contribution in [0.15, 0.2) is 28.7 Å². The van der Waals surface area contributed by atoms with E-state index in [-0.39, 0.29) is 5.91 Å². The van der Waals surface area contributed by atoms with Crippen LogP contribution in [0, 0.1) is 5.92 Å². The summed E-state index contributed by atoms with van der Waals surface area (Å²) in [7, 11) is 1.85. The number of nitrogens with two attached hydrogens (primary N) is 1. The maximum Gasteiger partial charge on any atom is 0.242 e. The molecule has 2 rings (SSSR count). The fourth-order valence-corrected chi connectivity index (χ4v) is 3.37. The van der Waals surface area contributed by atoms with Crippen molar-refractivity contribution >= 4 is 21.8 Å². The quantitative estimate of drug-likeness (QED) is 0.918. The highest BCUT2D eigenvalue weighted by Gasteiger charge is 2.39. The number of halogens is 1. The van der Waals surface area contributed by atoms with Crippen molar-refractivity contribution < 1.29 is 4.79 Å². The summed E-state index contributed by atoms with van der Waals surface area (Å²) in [5.74, 6) is 0.616. The van der Waals surface area contributed by atoms with E-state index in [9.17, 15) is 4.79 Å². The average Bonchev–Trinajstić information content (AvgIpc) is 2.40. The number of hydrogen-bond acceptors (Lipinski definition) is 2. The largest absolute Gasteiger partial charge is 0.340 e. The Morgan fingerprint density at radius 1 is 1.45 bits per heavy atom. The topological polar surface area (TPSA) is 46.3 Å². The molecule has 1 amide bonds. The molecule has 1 fully saturated rings. The molecule has 0 heterocycles. The summed E-state index contributed by atoms with van der Waals surface area (Å²) < 4.78 is 1.05. The highest BCUT2D eigenvalue weighted by Crippen LogP contribution is 2.31. The highest BCUT2D eigenvalue weighted by molar-refractivity contribution is 9.10. The smallest absolute Gasteiger partial charge is 0.242 e. The molecule has 1 aliphatic carbocycles. The first-order valence-electron chi connectivity index (χ1n) is 7.19. The molecule has 0 bridgehead atoms. The Bertz CT molecular complexity index is 474. The molecule has 0 aliphatic heterocycles. The normalized spacial score (nSPS) is 26.3. The molecule has 2 unspecified atom stereocenters. The first kappa shape index (κ1) is 15.5. The van der Waals surface area contributed by atoms with E-state index in [1.165, 1.54) is 6.42 Å². The van der Waals surface area contributed by atoms with Gasteiger partial charge in [-0.3, -0.25) is 4.79 Å². The van der Waals surface area contributed by atoms with Gasteiger partial charge in [-0.05, 0) is 36.5 Å². The van der Waals surface area contributed by atoms with Gasteiger partial charge in [0, 0.05) is 18.1 Å². The van der Waals surface area contributed by atoms with E-state index >= 15 is 0 Å². The number of carbonyl (C=O) groups excluding carboxylic acids is 1. The van der Waals surface area contributed by atoms with Crippen molar-refractivity contribution in [3.05, 3.63) is 34.3 Å². The molecule has 0 saturated heterocycles. The monoisotopic (exact) mass is 338 g/mol. The third-order valence-corrected chi connectivity index (χ3v) is 4.67. The Morgan fingerprint density at radius 2 is 2.10 bits per heavy atom. The summed E-state index contributed by atoms with van der Waals surface area (Å²) >= 11 is 3.42. The molecule has 1 saturated carbocycles. The molecule has 1 aliphatic rings.